The van der Waals surface area contributed by atoms with E-state index in [1.165, 1.54) is 4.90 Å². The largest absolute Gasteiger partial charge is 0.475 e. The van der Waals surface area contributed by atoms with Crippen molar-refractivity contribution < 1.29 is 32.5 Å². The van der Waals surface area contributed by atoms with Crippen molar-refractivity contribution in [3.8, 4) is 17.0 Å². The van der Waals surface area contributed by atoms with E-state index in [2.05, 4.69) is 15.2 Å². The minimum atomic E-state index is -4.31. The fourth-order valence-corrected chi connectivity index (χ4v) is 5.09. The van der Waals surface area contributed by atoms with E-state index in [0.29, 0.717) is 44.3 Å². The Morgan fingerprint density at radius 2 is 2.03 bits per heavy atom. The van der Waals surface area contributed by atoms with Crippen LogP contribution in [0.2, 0.25) is 0 Å². The Balaban J connectivity index is 1.53. The molecule has 2 N–H and O–H groups in total. The lowest BCUT2D eigenvalue weighted by atomic mass is 10.0. The van der Waals surface area contributed by atoms with E-state index in [4.69, 9.17) is 9.47 Å². The Kier molecular flexibility index (Phi) is 8.47. The van der Waals surface area contributed by atoms with Gasteiger partial charge in [0, 0.05) is 43.2 Å². The van der Waals surface area contributed by atoms with Gasteiger partial charge < -0.3 is 29.7 Å². The highest BCUT2D eigenvalue weighted by Gasteiger charge is 2.37. The number of alkyl halides is 3. The number of carbonyl (C=O) groups is 1. The zero-order valence-electron chi connectivity index (χ0n) is 19.9. The molecule has 2 aliphatic heterocycles. The SMILES string of the molecule is Cc1ccc(NC(=O)N2CC[C@H](SC(F)(F)F)C2)cc1-c1cc(OCCO)nc(N2CCOCC2)c1. The molecule has 0 saturated carbocycles. The molecule has 2 aliphatic rings. The molecule has 0 aliphatic carbocycles. The van der Waals surface area contributed by atoms with Crippen LogP contribution in [0.4, 0.5) is 29.5 Å². The van der Waals surface area contributed by atoms with Gasteiger partial charge in [-0.3, -0.25) is 0 Å². The van der Waals surface area contributed by atoms with Crippen LogP contribution < -0.4 is 15.0 Å². The second kappa shape index (κ2) is 11.6. The Bertz CT molecular complexity index is 1070. The number of hydrogen-bond acceptors (Lipinski definition) is 7. The topological polar surface area (TPSA) is 87.2 Å². The van der Waals surface area contributed by atoms with Crippen molar-refractivity contribution in [1.82, 2.24) is 9.88 Å². The lowest BCUT2D eigenvalue weighted by Gasteiger charge is -2.28. The fourth-order valence-electron chi connectivity index (χ4n) is 4.24. The van der Waals surface area contributed by atoms with Crippen LogP contribution in [-0.4, -0.2) is 84.4 Å². The number of nitrogens with zero attached hydrogens (tertiary/aromatic N) is 3. The number of urea groups is 1. The number of anilines is 2. The predicted molar refractivity (Wildman–Crippen MR) is 133 cm³/mol. The van der Waals surface area contributed by atoms with Gasteiger partial charge in [0.05, 0.1) is 19.8 Å². The third-order valence-electron chi connectivity index (χ3n) is 6.00. The molecule has 2 aromatic rings. The fraction of sp³-hybridized carbons (Fsp3) is 0.500. The first-order valence-corrected chi connectivity index (χ1v) is 12.6. The van der Waals surface area contributed by atoms with Crippen molar-refractivity contribution in [2.24, 2.45) is 0 Å². The third kappa shape index (κ3) is 6.95. The normalized spacial score (nSPS) is 18.4. The number of aromatic nitrogens is 1. The first-order chi connectivity index (χ1) is 17.2. The quantitative estimate of drug-likeness (QED) is 0.561. The molecule has 1 aromatic heterocycles. The number of morpholine rings is 1. The van der Waals surface area contributed by atoms with E-state index >= 15 is 0 Å². The molecule has 2 fully saturated rings. The standard InChI is InChI=1S/C24H29F3N4O4S/c1-16-2-3-18(28-23(33)31-5-4-19(15-31)36-24(25,26)27)14-20(16)17-12-21(30-6-9-34-10-7-30)29-22(13-17)35-11-8-32/h2-3,12-14,19,32H,4-11,15H2,1H3,(H,28,33)/t19-/m0/s1. The van der Waals surface area contributed by atoms with Gasteiger partial charge in [0.1, 0.15) is 12.4 Å². The molecule has 0 bridgehead atoms. The van der Waals surface area contributed by atoms with Crippen molar-refractivity contribution in [3.05, 3.63) is 35.9 Å². The summed E-state index contributed by atoms with van der Waals surface area (Å²) in [5.74, 6) is 1.10. The van der Waals surface area contributed by atoms with Crippen LogP contribution in [0.3, 0.4) is 0 Å². The number of carbonyl (C=O) groups excluding carboxylic acids is 1. The molecule has 3 heterocycles. The van der Waals surface area contributed by atoms with Gasteiger partial charge in [-0.1, -0.05) is 6.07 Å². The van der Waals surface area contributed by atoms with Crippen LogP contribution in [0, 0.1) is 6.92 Å². The minimum absolute atomic E-state index is 0.0492. The van der Waals surface area contributed by atoms with Gasteiger partial charge in [0.15, 0.2) is 0 Å². The molecule has 1 aromatic carbocycles. The number of aryl methyl sites for hydroxylation is 1. The molecule has 36 heavy (non-hydrogen) atoms. The maximum Gasteiger partial charge on any atom is 0.442 e. The molecule has 4 rings (SSSR count). The summed E-state index contributed by atoms with van der Waals surface area (Å²) in [7, 11) is 0. The van der Waals surface area contributed by atoms with Gasteiger partial charge in [-0.2, -0.15) is 18.2 Å². The number of aliphatic hydroxyl groups is 1. The summed E-state index contributed by atoms with van der Waals surface area (Å²) in [5.41, 5.74) is -1.13. The highest BCUT2D eigenvalue weighted by atomic mass is 32.2. The number of aliphatic hydroxyl groups excluding tert-OH is 1. The average Bonchev–Trinajstić information content (AvgIpc) is 3.31. The molecule has 196 valence electrons. The average molecular weight is 527 g/mol. The summed E-state index contributed by atoms with van der Waals surface area (Å²) in [5, 5.41) is 11.3. The number of likely N-dealkylation sites (tertiary alicyclic amines) is 1. The molecular formula is C24H29F3N4O4S. The van der Waals surface area contributed by atoms with E-state index < -0.39 is 16.8 Å². The first-order valence-electron chi connectivity index (χ1n) is 11.7. The minimum Gasteiger partial charge on any atom is -0.475 e. The van der Waals surface area contributed by atoms with E-state index in [-0.39, 0.29) is 38.1 Å². The summed E-state index contributed by atoms with van der Waals surface area (Å²) in [6.07, 6.45) is 0.300. The smallest absolute Gasteiger partial charge is 0.442 e. The Morgan fingerprint density at radius 3 is 2.75 bits per heavy atom. The number of nitrogens with one attached hydrogen (secondary N) is 1. The maximum atomic E-state index is 12.7. The van der Waals surface area contributed by atoms with E-state index in [0.717, 1.165) is 22.5 Å². The van der Waals surface area contributed by atoms with Gasteiger partial charge >= 0.3 is 11.5 Å². The number of ether oxygens (including phenoxy) is 2. The first kappa shape index (κ1) is 26.4. The Morgan fingerprint density at radius 1 is 1.25 bits per heavy atom. The number of rotatable bonds is 7. The Labute approximate surface area is 211 Å². The molecule has 0 spiro atoms. The molecule has 8 nitrogen and oxygen atoms in total. The summed E-state index contributed by atoms with van der Waals surface area (Å²) in [6.45, 7) is 4.81. The van der Waals surface area contributed by atoms with Gasteiger partial charge in [-0.05, 0) is 60.0 Å². The molecule has 12 heteroatoms. The molecular weight excluding hydrogens is 497 g/mol. The number of thioether (sulfide) groups is 1. The van der Waals surface area contributed by atoms with Gasteiger partial charge in [0.25, 0.3) is 0 Å². The van der Waals surface area contributed by atoms with Crippen LogP contribution in [0.1, 0.15) is 12.0 Å². The maximum absolute atomic E-state index is 12.7. The Hall–Kier alpha value is -2.70. The zero-order chi connectivity index (χ0) is 25.7. The van der Waals surface area contributed by atoms with E-state index in [1.54, 1.807) is 12.1 Å². The number of benzene rings is 1. The summed E-state index contributed by atoms with van der Waals surface area (Å²) >= 11 is -0.0536. The van der Waals surface area contributed by atoms with E-state index in [1.807, 2.05) is 25.1 Å². The van der Waals surface area contributed by atoms with Crippen molar-refractivity contribution in [3.63, 3.8) is 0 Å². The summed E-state index contributed by atoms with van der Waals surface area (Å²) in [4.78, 5) is 20.8. The molecule has 0 unspecified atom stereocenters. The molecule has 1 atom stereocenters. The second-order valence-electron chi connectivity index (χ2n) is 8.60. The predicted octanol–water partition coefficient (Wildman–Crippen LogP) is 4.12. The summed E-state index contributed by atoms with van der Waals surface area (Å²) in [6, 6.07) is 8.78. The molecule has 0 radical (unpaired) electrons. The lowest BCUT2D eigenvalue weighted by Crippen LogP contribution is -2.36. The monoisotopic (exact) mass is 526 g/mol. The summed E-state index contributed by atoms with van der Waals surface area (Å²) < 4.78 is 49.1. The van der Waals surface area contributed by atoms with Gasteiger partial charge in [-0.15, -0.1) is 0 Å². The highest BCUT2D eigenvalue weighted by molar-refractivity contribution is 8.00. The highest BCUT2D eigenvalue weighted by Crippen LogP contribution is 2.38. The van der Waals surface area contributed by atoms with Crippen molar-refractivity contribution in [2.45, 2.75) is 24.1 Å². The van der Waals surface area contributed by atoms with Crippen LogP contribution >= 0.6 is 11.8 Å². The van der Waals surface area contributed by atoms with Gasteiger partial charge in [-0.25, -0.2) is 4.79 Å². The third-order valence-corrected chi connectivity index (χ3v) is 6.98. The van der Waals surface area contributed by atoms with Crippen molar-refractivity contribution >= 4 is 29.3 Å². The number of halogens is 3. The second-order valence-corrected chi connectivity index (χ2v) is 9.97. The van der Waals surface area contributed by atoms with Crippen LogP contribution in [0.5, 0.6) is 5.88 Å². The zero-order valence-corrected chi connectivity index (χ0v) is 20.7. The van der Waals surface area contributed by atoms with Crippen molar-refractivity contribution in [2.75, 3.05) is 62.8 Å². The lowest BCUT2D eigenvalue weighted by molar-refractivity contribution is -0.0333. The number of amides is 2. The van der Waals surface area contributed by atoms with Gasteiger partial charge in [0.2, 0.25) is 5.88 Å². The van der Waals surface area contributed by atoms with Crippen molar-refractivity contribution in [1.29, 1.82) is 0 Å². The molecule has 2 amide bonds. The van der Waals surface area contributed by atoms with E-state index in [9.17, 15) is 23.1 Å². The molecule has 2 saturated heterocycles. The number of hydrogen-bond donors (Lipinski definition) is 2. The van der Waals surface area contributed by atoms with Crippen LogP contribution in [-0.2, 0) is 4.74 Å². The van der Waals surface area contributed by atoms with Crippen LogP contribution in [0.15, 0.2) is 30.3 Å². The number of pyridine rings is 1. The van der Waals surface area contributed by atoms with Crippen LogP contribution in [0.25, 0.3) is 11.1 Å².